The molecule has 2 atom stereocenters. The first-order chi connectivity index (χ1) is 9.79. The average Bonchev–Trinajstić information content (AvgIpc) is 2.38. The fourth-order valence-electron chi connectivity index (χ4n) is 1.98. The quantitative estimate of drug-likeness (QED) is 0.813. The lowest BCUT2D eigenvalue weighted by molar-refractivity contribution is -0.127. The highest BCUT2D eigenvalue weighted by Crippen LogP contribution is 2.22. The van der Waals surface area contributed by atoms with Gasteiger partial charge in [0.1, 0.15) is 5.75 Å². The molecule has 0 aliphatic carbocycles. The van der Waals surface area contributed by atoms with Crippen molar-refractivity contribution in [2.24, 2.45) is 5.92 Å². The van der Waals surface area contributed by atoms with Crippen molar-refractivity contribution in [3.8, 4) is 5.75 Å². The first kappa shape index (κ1) is 17.8. The Hall–Kier alpha value is -1.26. The molecule has 0 spiro atoms. The maximum absolute atomic E-state index is 11.9. The minimum absolute atomic E-state index is 0.240. The zero-order chi connectivity index (χ0) is 16.0. The molecule has 118 valence electrons. The van der Waals surface area contributed by atoms with Crippen molar-refractivity contribution in [2.45, 2.75) is 46.3 Å². The van der Waals surface area contributed by atoms with Gasteiger partial charge in [-0.15, -0.1) is 0 Å². The topological polar surface area (TPSA) is 58.6 Å². The number of ether oxygens (including phenoxy) is 1. The van der Waals surface area contributed by atoms with Crippen LogP contribution in [0.2, 0.25) is 5.02 Å². The van der Waals surface area contributed by atoms with Crippen molar-refractivity contribution in [3.63, 3.8) is 0 Å². The lowest BCUT2D eigenvalue weighted by atomic mass is 10.1. The third-order valence-corrected chi connectivity index (χ3v) is 3.30. The van der Waals surface area contributed by atoms with E-state index in [0.717, 1.165) is 5.56 Å². The van der Waals surface area contributed by atoms with E-state index in [1.54, 1.807) is 25.1 Å². The zero-order valence-corrected chi connectivity index (χ0v) is 13.8. The average molecular weight is 314 g/mol. The smallest absolute Gasteiger partial charge is 0.260 e. The summed E-state index contributed by atoms with van der Waals surface area (Å²) in [5.74, 6) is 0.777. The molecule has 0 saturated carbocycles. The molecule has 0 aromatic heterocycles. The van der Waals surface area contributed by atoms with E-state index in [9.17, 15) is 9.90 Å². The van der Waals surface area contributed by atoms with Crippen LogP contribution in [-0.2, 0) is 4.79 Å². The van der Waals surface area contributed by atoms with Gasteiger partial charge in [0, 0.05) is 11.6 Å². The van der Waals surface area contributed by atoms with E-state index in [-0.39, 0.29) is 12.5 Å². The zero-order valence-electron chi connectivity index (χ0n) is 13.0. The van der Waals surface area contributed by atoms with Gasteiger partial charge in [0.25, 0.3) is 5.91 Å². The molecule has 1 amide bonds. The number of aliphatic hydroxyl groups is 1. The second-order valence-electron chi connectivity index (χ2n) is 5.70. The summed E-state index contributed by atoms with van der Waals surface area (Å²) in [5.41, 5.74) is 0.877. The molecule has 0 aliphatic heterocycles. The second-order valence-corrected chi connectivity index (χ2v) is 6.13. The van der Waals surface area contributed by atoms with Crippen LogP contribution in [0.25, 0.3) is 0 Å². The van der Waals surface area contributed by atoms with Crippen LogP contribution in [0.4, 0.5) is 0 Å². The van der Waals surface area contributed by atoms with Crippen molar-refractivity contribution in [2.75, 3.05) is 6.54 Å². The molecule has 2 N–H and O–H groups in total. The summed E-state index contributed by atoms with van der Waals surface area (Å²) < 4.78 is 5.62. The molecule has 1 rings (SSSR count). The van der Waals surface area contributed by atoms with Gasteiger partial charge < -0.3 is 15.2 Å². The van der Waals surface area contributed by atoms with Gasteiger partial charge in [-0.25, -0.2) is 0 Å². The van der Waals surface area contributed by atoms with E-state index >= 15 is 0 Å². The van der Waals surface area contributed by atoms with Crippen LogP contribution < -0.4 is 10.1 Å². The predicted octanol–water partition coefficient (Wildman–Crippen LogP) is 2.94. The highest BCUT2D eigenvalue weighted by molar-refractivity contribution is 6.30. The number of benzene rings is 1. The molecule has 5 heteroatoms. The van der Waals surface area contributed by atoms with Gasteiger partial charge in [0.05, 0.1) is 6.10 Å². The second kappa shape index (κ2) is 8.25. The number of amides is 1. The summed E-state index contributed by atoms with van der Waals surface area (Å²) in [7, 11) is 0. The summed E-state index contributed by atoms with van der Waals surface area (Å²) in [5, 5.41) is 13.1. The number of hydrogen-bond donors (Lipinski definition) is 2. The van der Waals surface area contributed by atoms with Crippen molar-refractivity contribution >= 4 is 17.5 Å². The predicted molar refractivity (Wildman–Crippen MR) is 84.8 cm³/mol. The van der Waals surface area contributed by atoms with Gasteiger partial charge in [0.15, 0.2) is 6.10 Å². The van der Waals surface area contributed by atoms with Crippen LogP contribution in [0.5, 0.6) is 5.75 Å². The Balaban J connectivity index is 2.47. The minimum Gasteiger partial charge on any atom is -0.481 e. The Morgan fingerprint density at radius 2 is 2.05 bits per heavy atom. The van der Waals surface area contributed by atoms with Gasteiger partial charge in [-0.2, -0.15) is 0 Å². The molecule has 2 unspecified atom stereocenters. The Kier molecular flexibility index (Phi) is 6.99. The van der Waals surface area contributed by atoms with Crippen molar-refractivity contribution in [1.29, 1.82) is 0 Å². The molecule has 0 heterocycles. The molecule has 4 nitrogen and oxygen atoms in total. The summed E-state index contributed by atoms with van der Waals surface area (Å²) in [6, 6.07) is 5.25. The maximum Gasteiger partial charge on any atom is 0.260 e. The molecular weight excluding hydrogens is 290 g/mol. The number of carbonyl (C=O) groups excluding carboxylic acids is 1. The SMILES string of the molecule is Cc1cc(Cl)ccc1OC(C)C(=O)NCC(O)CC(C)C. The maximum atomic E-state index is 11.9. The largest absolute Gasteiger partial charge is 0.481 e. The normalized spacial score (nSPS) is 13.9. The Morgan fingerprint density at radius 1 is 1.38 bits per heavy atom. The molecule has 0 bridgehead atoms. The molecule has 0 fully saturated rings. The van der Waals surface area contributed by atoms with Crippen molar-refractivity contribution in [3.05, 3.63) is 28.8 Å². The standard InChI is InChI=1S/C16H24ClNO3/c1-10(2)7-14(19)9-18-16(20)12(4)21-15-6-5-13(17)8-11(15)3/h5-6,8,10,12,14,19H,7,9H2,1-4H3,(H,18,20). The highest BCUT2D eigenvalue weighted by atomic mass is 35.5. The van der Waals surface area contributed by atoms with Crippen LogP contribution in [0.15, 0.2) is 18.2 Å². The van der Waals surface area contributed by atoms with Crippen LogP contribution >= 0.6 is 11.6 Å². The number of carbonyl (C=O) groups is 1. The first-order valence-corrected chi connectivity index (χ1v) is 7.56. The number of aryl methyl sites for hydroxylation is 1. The summed E-state index contributed by atoms with van der Waals surface area (Å²) in [6.07, 6.45) is -0.499. The molecule has 0 aliphatic rings. The molecule has 1 aromatic carbocycles. The lowest BCUT2D eigenvalue weighted by Gasteiger charge is -2.18. The molecule has 1 aromatic rings. The monoisotopic (exact) mass is 313 g/mol. The lowest BCUT2D eigenvalue weighted by Crippen LogP contribution is -2.40. The van der Waals surface area contributed by atoms with Gasteiger partial charge in [-0.1, -0.05) is 25.4 Å². The first-order valence-electron chi connectivity index (χ1n) is 7.18. The van der Waals surface area contributed by atoms with E-state index < -0.39 is 12.2 Å². The number of nitrogens with one attached hydrogen (secondary N) is 1. The Morgan fingerprint density at radius 3 is 2.62 bits per heavy atom. The summed E-state index contributed by atoms with van der Waals surface area (Å²) >= 11 is 5.88. The summed E-state index contributed by atoms with van der Waals surface area (Å²) in [6.45, 7) is 7.85. The van der Waals surface area contributed by atoms with Crippen LogP contribution in [-0.4, -0.2) is 29.8 Å². The number of rotatable bonds is 7. The number of hydrogen-bond acceptors (Lipinski definition) is 3. The van der Waals surface area contributed by atoms with Gasteiger partial charge >= 0.3 is 0 Å². The van der Waals surface area contributed by atoms with Crippen LogP contribution in [0.1, 0.15) is 32.8 Å². The van der Waals surface area contributed by atoms with E-state index in [0.29, 0.717) is 23.1 Å². The van der Waals surface area contributed by atoms with Crippen LogP contribution in [0, 0.1) is 12.8 Å². The third-order valence-electron chi connectivity index (χ3n) is 3.07. The van der Waals surface area contributed by atoms with Gasteiger partial charge in [-0.05, 0) is 49.9 Å². The van der Waals surface area contributed by atoms with Crippen molar-refractivity contribution in [1.82, 2.24) is 5.32 Å². The molecule has 0 saturated heterocycles. The Bertz CT molecular complexity index is 477. The fraction of sp³-hybridized carbons (Fsp3) is 0.562. The van der Waals surface area contributed by atoms with Gasteiger partial charge in [-0.3, -0.25) is 4.79 Å². The molecule has 0 radical (unpaired) electrons. The van der Waals surface area contributed by atoms with E-state index in [1.165, 1.54) is 0 Å². The Labute approximate surface area is 131 Å². The minimum atomic E-state index is -0.629. The van der Waals surface area contributed by atoms with E-state index in [4.69, 9.17) is 16.3 Å². The molecule has 21 heavy (non-hydrogen) atoms. The fourth-order valence-corrected chi connectivity index (χ4v) is 2.21. The number of aliphatic hydroxyl groups excluding tert-OH is 1. The summed E-state index contributed by atoms with van der Waals surface area (Å²) in [4.78, 5) is 11.9. The number of halogens is 1. The van der Waals surface area contributed by atoms with Crippen molar-refractivity contribution < 1.29 is 14.6 Å². The third kappa shape index (κ3) is 6.36. The highest BCUT2D eigenvalue weighted by Gasteiger charge is 2.17. The van der Waals surface area contributed by atoms with E-state index in [2.05, 4.69) is 5.32 Å². The van der Waals surface area contributed by atoms with Crippen LogP contribution in [0.3, 0.4) is 0 Å². The molecular formula is C16H24ClNO3. The van der Waals surface area contributed by atoms with E-state index in [1.807, 2.05) is 20.8 Å². The van der Waals surface area contributed by atoms with Gasteiger partial charge in [0.2, 0.25) is 0 Å².